The summed E-state index contributed by atoms with van der Waals surface area (Å²) in [4.78, 5) is 12.9. The lowest BCUT2D eigenvalue weighted by Crippen LogP contribution is -2.74. The molecule has 0 aliphatic heterocycles. The standard InChI is InChI=1S/C42H43F17O3/c1-5-26(2)23-29(28-13-8-6-9-14-28)25-34(24-27(3)33(60)61-4,30-15-10-7-11-16-30)31-17-19-32(20-18-31)62-22-12-21-35(43,44)36(45,46)37(47,48)38(49,50)39(51,52)40(53,54)41(55,56)42(57,58)59/h6-11,13-20,26-27,29H,5,12,21-25H2,1-4H3. The highest BCUT2D eigenvalue weighted by atomic mass is 19.4. The molecule has 3 nitrogen and oxygen atoms in total. The highest BCUT2D eigenvalue weighted by Crippen LogP contribution is 2.64. The fraction of sp³-hybridized carbons (Fsp3) is 0.548. The van der Waals surface area contributed by atoms with Crippen molar-refractivity contribution < 1.29 is 88.9 Å². The second-order valence-electron chi connectivity index (χ2n) is 15.3. The molecule has 0 aromatic heterocycles. The summed E-state index contributed by atoms with van der Waals surface area (Å²) in [6, 6.07) is 24.4. The van der Waals surface area contributed by atoms with Crippen molar-refractivity contribution in [1.82, 2.24) is 0 Å². The van der Waals surface area contributed by atoms with E-state index in [1.165, 1.54) is 19.2 Å². The average molecular weight is 919 g/mol. The molecule has 0 N–H and O–H groups in total. The molecule has 0 heterocycles. The summed E-state index contributed by atoms with van der Waals surface area (Å²) in [5.74, 6) is -57.8. The van der Waals surface area contributed by atoms with Crippen LogP contribution in [0.5, 0.6) is 5.75 Å². The molecule has 0 saturated carbocycles. The molecule has 62 heavy (non-hydrogen) atoms. The largest absolute Gasteiger partial charge is 0.494 e. The summed E-state index contributed by atoms with van der Waals surface area (Å²) in [5, 5.41) is 0. The molecule has 3 aromatic rings. The van der Waals surface area contributed by atoms with Gasteiger partial charge in [0.2, 0.25) is 0 Å². The SMILES string of the molecule is CCC(C)CC(CC(CC(C)C(=O)OC)(c1ccccc1)c1ccc(OCCCC(F)(F)C(F)(F)C(F)(F)C(F)(F)C(F)(F)C(F)(F)C(F)(F)C(F)(F)F)cc1)c1ccccc1. The third-order valence-corrected chi connectivity index (χ3v) is 10.9. The number of hydrogen-bond acceptors (Lipinski definition) is 3. The number of rotatable bonds is 22. The molecular formula is C42H43F17O3. The van der Waals surface area contributed by atoms with E-state index in [1.54, 1.807) is 37.3 Å². The zero-order chi connectivity index (χ0) is 47.4. The Balaban J connectivity index is 1.94. The van der Waals surface area contributed by atoms with Gasteiger partial charge in [-0.2, -0.15) is 74.6 Å². The predicted molar refractivity (Wildman–Crippen MR) is 193 cm³/mol. The Hall–Kier alpha value is -4.26. The highest BCUT2D eigenvalue weighted by Gasteiger charge is 2.95. The van der Waals surface area contributed by atoms with Crippen molar-refractivity contribution >= 4 is 5.97 Å². The van der Waals surface area contributed by atoms with Gasteiger partial charge < -0.3 is 9.47 Å². The zero-order valence-corrected chi connectivity index (χ0v) is 33.4. The Morgan fingerprint density at radius 2 is 1.03 bits per heavy atom. The smallest absolute Gasteiger partial charge is 0.460 e. The fourth-order valence-electron chi connectivity index (χ4n) is 7.13. The Morgan fingerprint density at radius 3 is 1.50 bits per heavy atom. The molecule has 0 aliphatic carbocycles. The van der Waals surface area contributed by atoms with Crippen LogP contribution in [0.2, 0.25) is 0 Å². The first kappa shape index (κ1) is 52.1. The third-order valence-electron chi connectivity index (χ3n) is 10.9. The number of carbonyl (C=O) groups is 1. The summed E-state index contributed by atoms with van der Waals surface area (Å²) in [7, 11) is 1.23. The molecule has 0 radical (unpaired) electrons. The molecule has 0 amide bonds. The average Bonchev–Trinajstić information content (AvgIpc) is 3.21. The van der Waals surface area contributed by atoms with Crippen LogP contribution in [0.15, 0.2) is 84.9 Å². The van der Waals surface area contributed by atoms with E-state index in [1.807, 2.05) is 49.4 Å². The van der Waals surface area contributed by atoms with Crippen molar-refractivity contribution in [2.75, 3.05) is 13.7 Å². The van der Waals surface area contributed by atoms with Gasteiger partial charge in [-0.15, -0.1) is 0 Å². The van der Waals surface area contributed by atoms with Crippen LogP contribution >= 0.6 is 0 Å². The van der Waals surface area contributed by atoms with Crippen molar-refractivity contribution in [2.45, 2.75) is 118 Å². The maximum Gasteiger partial charge on any atom is 0.460 e. The number of esters is 1. The summed E-state index contributed by atoms with van der Waals surface area (Å²) in [5.41, 5.74) is 1.47. The van der Waals surface area contributed by atoms with Crippen LogP contribution in [-0.4, -0.2) is 67.3 Å². The van der Waals surface area contributed by atoms with Crippen molar-refractivity contribution in [3.8, 4) is 5.75 Å². The second kappa shape index (κ2) is 18.8. The van der Waals surface area contributed by atoms with Crippen molar-refractivity contribution in [3.05, 3.63) is 102 Å². The molecule has 0 saturated heterocycles. The number of halogens is 17. The molecule has 20 heteroatoms. The fourth-order valence-corrected chi connectivity index (χ4v) is 7.13. The Kier molecular flexibility index (Phi) is 15.8. The lowest BCUT2D eigenvalue weighted by atomic mass is 9.63. The van der Waals surface area contributed by atoms with E-state index in [2.05, 4.69) is 6.92 Å². The normalized spacial score (nSPS) is 16.3. The minimum Gasteiger partial charge on any atom is -0.494 e. The number of hydrogen-bond donors (Lipinski definition) is 0. The van der Waals surface area contributed by atoms with Crippen LogP contribution in [0.3, 0.4) is 0 Å². The van der Waals surface area contributed by atoms with Gasteiger partial charge in [0.15, 0.2) is 0 Å². The van der Waals surface area contributed by atoms with Gasteiger partial charge in [-0.25, -0.2) is 0 Å². The first-order chi connectivity index (χ1) is 28.3. The minimum absolute atomic E-state index is 0.0807. The van der Waals surface area contributed by atoms with Gasteiger partial charge >= 0.3 is 53.6 Å². The first-order valence-corrected chi connectivity index (χ1v) is 19.0. The molecule has 0 aliphatic rings. The van der Waals surface area contributed by atoms with Gasteiger partial charge in [0.1, 0.15) is 5.75 Å². The molecular weight excluding hydrogens is 875 g/mol. The van der Waals surface area contributed by atoms with Gasteiger partial charge in [-0.3, -0.25) is 4.79 Å². The molecule has 0 bridgehead atoms. The Bertz CT molecular complexity index is 1890. The van der Waals surface area contributed by atoms with Gasteiger partial charge in [-0.1, -0.05) is 100.0 Å². The molecule has 0 spiro atoms. The summed E-state index contributed by atoms with van der Waals surface area (Å²) >= 11 is 0. The summed E-state index contributed by atoms with van der Waals surface area (Å²) in [6.45, 7) is 4.73. The number of ether oxygens (including phenoxy) is 2. The lowest BCUT2D eigenvalue weighted by Gasteiger charge is -2.42. The van der Waals surface area contributed by atoms with Gasteiger partial charge in [0, 0.05) is 11.8 Å². The van der Waals surface area contributed by atoms with E-state index in [-0.39, 0.29) is 24.0 Å². The van der Waals surface area contributed by atoms with Crippen molar-refractivity contribution in [3.63, 3.8) is 0 Å². The topological polar surface area (TPSA) is 35.5 Å². The van der Waals surface area contributed by atoms with E-state index < -0.39 is 84.4 Å². The maximum atomic E-state index is 14.5. The van der Waals surface area contributed by atoms with Gasteiger partial charge in [0.05, 0.1) is 19.6 Å². The van der Waals surface area contributed by atoms with E-state index in [9.17, 15) is 79.4 Å². The molecule has 348 valence electrons. The molecule has 3 aromatic carbocycles. The number of alkyl halides is 17. The van der Waals surface area contributed by atoms with Crippen molar-refractivity contribution in [2.24, 2.45) is 11.8 Å². The monoisotopic (exact) mass is 918 g/mol. The maximum absolute atomic E-state index is 14.5. The van der Waals surface area contributed by atoms with E-state index in [0.29, 0.717) is 12.0 Å². The lowest BCUT2D eigenvalue weighted by molar-refractivity contribution is -0.461. The first-order valence-electron chi connectivity index (χ1n) is 19.0. The van der Waals surface area contributed by atoms with Crippen LogP contribution in [0.4, 0.5) is 74.6 Å². The number of carbonyl (C=O) groups excluding carboxylic acids is 1. The second-order valence-corrected chi connectivity index (χ2v) is 15.3. The predicted octanol–water partition coefficient (Wildman–Crippen LogP) is 14.0. The van der Waals surface area contributed by atoms with E-state index in [0.717, 1.165) is 24.0 Å². The third kappa shape index (κ3) is 9.77. The van der Waals surface area contributed by atoms with Crippen LogP contribution in [0.25, 0.3) is 0 Å². The number of benzene rings is 3. The Labute approximate surface area is 346 Å². The summed E-state index contributed by atoms with van der Waals surface area (Å²) < 4.78 is 243. The highest BCUT2D eigenvalue weighted by molar-refractivity contribution is 5.72. The van der Waals surface area contributed by atoms with Crippen LogP contribution < -0.4 is 4.74 Å². The Morgan fingerprint density at radius 1 is 0.581 bits per heavy atom. The number of methoxy groups -OCH3 is 1. The summed E-state index contributed by atoms with van der Waals surface area (Å²) in [6.07, 6.45) is -9.62. The van der Waals surface area contributed by atoms with Crippen molar-refractivity contribution in [1.29, 1.82) is 0 Å². The van der Waals surface area contributed by atoms with Gasteiger partial charge in [-0.05, 0) is 66.3 Å². The van der Waals surface area contributed by atoms with E-state index in [4.69, 9.17) is 9.47 Å². The van der Waals surface area contributed by atoms with Gasteiger partial charge in [0.25, 0.3) is 0 Å². The molecule has 0 fully saturated rings. The molecule has 4 unspecified atom stereocenters. The van der Waals surface area contributed by atoms with Crippen LogP contribution in [0, 0.1) is 11.8 Å². The molecule has 4 atom stereocenters. The molecule has 3 rings (SSSR count). The zero-order valence-electron chi connectivity index (χ0n) is 33.4. The van der Waals surface area contributed by atoms with Crippen LogP contribution in [-0.2, 0) is 14.9 Å². The minimum atomic E-state index is -8.68. The quantitative estimate of drug-likeness (QED) is 0.0572. The van der Waals surface area contributed by atoms with E-state index >= 15 is 0 Å². The van der Waals surface area contributed by atoms with Crippen LogP contribution in [0.1, 0.15) is 81.9 Å².